The lowest BCUT2D eigenvalue weighted by atomic mass is 9.86. The maximum atomic E-state index is 12.6. The number of β-lactam (4-membered cyclic amide) rings is 1. The maximum absolute atomic E-state index is 12.6. The molecule has 2 fully saturated rings. The van der Waals surface area contributed by atoms with Crippen LogP contribution in [0.1, 0.15) is 31.1 Å². The number of benzene rings is 1. The zero-order valence-electron chi connectivity index (χ0n) is 13.8. The third-order valence-corrected chi connectivity index (χ3v) is 6.36. The monoisotopic (exact) mass is 366 g/mol. The van der Waals surface area contributed by atoms with E-state index in [9.17, 15) is 29.7 Å². The lowest BCUT2D eigenvalue weighted by molar-refractivity contribution is -0.165. The molecule has 0 saturated carbocycles. The number of hydrogen-bond acceptors (Lipinski definition) is 6. The van der Waals surface area contributed by atoms with Gasteiger partial charge < -0.3 is 25.5 Å². The molecule has 25 heavy (non-hydrogen) atoms. The van der Waals surface area contributed by atoms with Crippen LogP contribution in [-0.2, 0) is 9.59 Å². The molecular weight excluding hydrogens is 348 g/mol. The molecule has 0 aromatic heterocycles. The molecular formula is C16H18N2O6S. The van der Waals surface area contributed by atoms with Crippen LogP contribution in [0.25, 0.3) is 0 Å². The Bertz CT molecular complexity index is 795. The molecule has 0 radical (unpaired) electrons. The first kappa shape index (κ1) is 17.4. The van der Waals surface area contributed by atoms with Crippen LogP contribution in [-0.4, -0.2) is 59.7 Å². The Morgan fingerprint density at radius 3 is 2.48 bits per heavy atom. The first-order valence-corrected chi connectivity index (χ1v) is 8.45. The van der Waals surface area contributed by atoms with Crippen LogP contribution in [0.4, 0.5) is 0 Å². The Kier molecular flexibility index (Phi) is 3.68. The van der Waals surface area contributed by atoms with Crippen molar-refractivity contribution in [2.24, 2.45) is 0 Å². The predicted octanol–water partition coefficient (Wildman–Crippen LogP) is 0.733. The third kappa shape index (κ3) is 2.41. The molecule has 9 heteroatoms. The minimum absolute atomic E-state index is 0.162. The summed E-state index contributed by atoms with van der Waals surface area (Å²) in [5.74, 6) is -2.83. The van der Waals surface area contributed by atoms with E-state index in [4.69, 9.17) is 0 Å². The van der Waals surface area contributed by atoms with Crippen molar-refractivity contribution in [3.05, 3.63) is 23.8 Å². The van der Waals surface area contributed by atoms with Crippen molar-refractivity contribution in [3.63, 3.8) is 0 Å². The van der Waals surface area contributed by atoms with E-state index in [0.29, 0.717) is 0 Å². The van der Waals surface area contributed by atoms with E-state index < -0.39 is 39.5 Å². The molecule has 1 aromatic rings. The Balaban J connectivity index is 1.87. The summed E-state index contributed by atoms with van der Waals surface area (Å²) >= 11 is 1.31. The molecule has 1 aromatic carbocycles. The van der Waals surface area contributed by atoms with E-state index in [1.807, 2.05) is 0 Å². The van der Waals surface area contributed by atoms with Gasteiger partial charge in [0.15, 0.2) is 0 Å². The molecule has 2 aliphatic rings. The number of nitrogens with zero attached hydrogens (tertiary/aromatic N) is 1. The predicted molar refractivity (Wildman–Crippen MR) is 89.4 cm³/mol. The van der Waals surface area contributed by atoms with Crippen molar-refractivity contribution < 1.29 is 29.7 Å². The summed E-state index contributed by atoms with van der Waals surface area (Å²) in [7, 11) is 0. The van der Waals surface area contributed by atoms with Crippen molar-refractivity contribution in [2.45, 2.75) is 42.5 Å². The van der Waals surface area contributed by atoms with Crippen molar-refractivity contribution in [2.75, 3.05) is 0 Å². The van der Waals surface area contributed by atoms with Crippen molar-refractivity contribution in [1.29, 1.82) is 0 Å². The van der Waals surface area contributed by atoms with Gasteiger partial charge in [0.2, 0.25) is 0 Å². The highest BCUT2D eigenvalue weighted by Crippen LogP contribution is 2.54. The van der Waals surface area contributed by atoms with E-state index in [1.54, 1.807) is 13.8 Å². The largest absolute Gasteiger partial charge is 0.508 e. The zero-order chi connectivity index (χ0) is 18.7. The average molecular weight is 366 g/mol. The summed E-state index contributed by atoms with van der Waals surface area (Å²) < 4.78 is -0.707. The number of aromatic hydroxyl groups is 2. The number of nitrogens with one attached hydrogen (secondary N) is 1. The summed E-state index contributed by atoms with van der Waals surface area (Å²) in [5, 5.41) is 30.8. The van der Waals surface area contributed by atoms with E-state index in [0.717, 1.165) is 6.07 Å². The molecule has 2 aliphatic heterocycles. The van der Waals surface area contributed by atoms with E-state index in [2.05, 4.69) is 5.32 Å². The van der Waals surface area contributed by atoms with Crippen LogP contribution >= 0.6 is 11.8 Å². The van der Waals surface area contributed by atoms with Crippen LogP contribution in [0.15, 0.2) is 18.2 Å². The summed E-state index contributed by atoms with van der Waals surface area (Å²) in [5.41, 5.74) is -1.45. The number of carboxylic acid groups (broad SMARTS) is 1. The van der Waals surface area contributed by atoms with Crippen LogP contribution < -0.4 is 5.32 Å². The number of fused-ring (bicyclic) bond motifs is 1. The summed E-state index contributed by atoms with van der Waals surface area (Å²) in [6.45, 7) is 5.01. The summed E-state index contributed by atoms with van der Waals surface area (Å²) in [6, 6.07) is 2.53. The number of thioether (sulfide) groups is 1. The van der Waals surface area contributed by atoms with Gasteiger partial charge in [-0.1, -0.05) is 0 Å². The van der Waals surface area contributed by atoms with Crippen LogP contribution in [0.3, 0.4) is 0 Å². The average Bonchev–Trinajstić information content (AvgIpc) is 2.79. The molecule has 0 bridgehead atoms. The quantitative estimate of drug-likeness (QED) is 0.459. The van der Waals surface area contributed by atoms with Gasteiger partial charge in [0.1, 0.15) is 28.5 Å². The van der Waals surface area contributed by atoms with Gasteiger partial charge in [-0.15, -0.1) is 11.8 Å². The molecule has 4 N–H and O–H groups in total. The molecule has 0 aliphatic carbocycles. The van der Waals surface area contributed by atoms with Crippen LogP contribution in [0, 0.1) is 0 Å². The van der Waals surface area contributed by atoms with Gasteiger partial charge in [0.25, 0.3) is 11.8 Å². The van der Waals surface area contributed by atoms with Crippen LogP contribution in [0.5, 0.6) is 11.5 Å². The van der Waals surface area contributed by atoms with Crippen molar-refractivity contribution in [3.8, 4) is 11.5 Å². The first-order valence-electron chi connectivity index (χ1n) is 7.57. The third-order valence-electron chi connectivity index (χ3n) is 4.61. The molecule has 1 unspecified atom stereocenters. The Morgan fingerprint density at radius 1 is 1.24 bits per heavy atom. The second-order valence-electron chi connectivity index (χ2n) is 6.88. The highest BCUT2D eigenvalue weighted by molar-refractivity contribution is 8.01. The first-order chi connectivity index (χ1) is 11.5. The van der Waals surface area contributed by atoms with Gasteiger partial charge in [0, 0.05) is 4.75 Å². The fraction of sp³-hybridized carbons (Fsp3) is 0.438. The number of amides is 2. The number of hydrogen-bond donors (Lipinski definition) is 4. The molecule has 8 nitrogen and oxygen atoms in total. The van der Waals surface area contributed by atoms with Gasteiger partial charge in [-0.25, -0.2) is 4.79 Å². The lowest BCUT2D eigenvalue weighted by Crippen LogP contribution is -2.78. The van der Waals surface area contributed by atoms with E-state index >= 15 is 0 Å². The van der Waals surface area contributed by atoms with Gasteiger partial charge in [-0.3, -0.25) is 9.59 Å². The minimum Gasteiger partial charge on any atom is -0.508 e. The van der Waals surface area contributed by atoms with E-state index in [1.165, 1.54) is 35.7 Å². The standard InChI is InChI=1S/C16H18N2O6S/c1-15(2)10(12(22)23)18-13(24)16(3,14(18)25-15)17-11(21)8-6-7(19)4-5-9(8)20/h4-6,10,14,19-20H,1-3H3,(H,17,21)(H,22,23)/t10-,14+,16?/m0/s1. The molecule has 2 amide bonds. The smallest absolute Gasteiger partial charge is 0.327 e. The summed E-state index contributed by atoms with van der Waals surface area (Å²) in [6.07, 6.45) is 0. The number of aliphatic carboxylic acids is 1. The van der Waals surface area contributed by atoms with Crippen molar-refractivity contribution in [1.82, 2.24) is 10.2 Å². The molecule has 0 spiro atoms. The number of carboxylic acids is 1. The molecule has 134 valence electrons. The number of phenolic OH excluding ortho intramolecular Hbond substituents is 2. The highest BCUT2D eigenvalue weighted by Gasteiger charge is 2.70. The summed E-state index contributed by atoms with van der Waals surface area (Å²) in [4.78, 5) is 37.9. The van der Waals surface area contributed by atoms with Gasteiger partial charge in [-0.2, -0.15) is 0 Å². The Hall–Kier alpha value is -2.42. The Labute approximate surface area is 147 Å². The zero-order valence-corrected chi connectivity index (χ0v) is 14.6. The molecule has 3 atom stereocenters. The number of phenols is 2. The minimum atomic E-state index is -1.29. The van der Waals surface area contributed by atoms with Crippen LogP contribution in [0.2, 0.25) is 0 Å². The molecule has 2 saturated heterocycles. The fourth-order valence-corrected chi connectivity index (χ4v) is 4.99. The number of rotatable bonds is 3. The topological polar surface area (TPSA) is 127 Å². The second-order valence-corrected chi connectivity index (χ2v) is 8.62. The SMILES string of the molecule is CC1(C)S[C@H]2N(C(=O)C2(C)NC(=O)c2cc(O)ccc2O)[C@H]1C(=O)O. The molecule has 2 heterocycles. The fourth-order valence-electron chi connectivity index (χ4n) is 3.35. The Morgan fingerprint density at radius 2 is 1.88 bits per heavy atom. The van der Waals surface area contributed by atoms with Gasteiger partial charge in [-0.05, 0) is 39.0 Å². The normalized spacial score (nSPS) is 29.7. The highest BCUT2D eigenvalue weighted by atomic mass is 32.2. The molecule has 3 rings (SSSR count). The lowest BCUT2D eigenvalue weighted by Gasteiger charge is -2.51. The maximum Gasteiger partial charge on any atom is 0.327 e. The van der Waals surface area contributed by atoms with Crippen molar-refractivity contribution >= 4 is 29.5 Å². The van der Waals surface area contributed by atoms with Gasteiger partial charge >= 0.3 is 5.97 Å². The van der Waals surface area contributed by atoms with Gasteiger partial charge in [0.05, 0.1) is 5.56 Å². The van der Waals surface area contributed by atoms with E-state index in [-0.39, 0.29) is 17.1 Å². The number of carbonyl (C=O) groups is 3. The second kappa shape index (κ2) is 5.29. The number of carbonyl (C=O) groups excluding carboxylic acids is 2.